The molecule has 4 heteroatoms. The first-order chi connectivity index (χ1) is 7.47. The van der Waals surface area contributed by atoms with Crippen LogP contribution in [0.2, 0.25) is 0 Å². The van der Waals surface area contributed by atoms with Crippen molar-refractivity contribution >= 4 is 11.6 Å². The molecule has 2 heterocycles. The first kappa shape index (κ1) is 11.2. The molecule has 1 saturated heterocycles. The molecule has 2 rings (SSSR count). The Morgan fingerprint density at radius 1 is 1.38 bits per heavy atom. The van der Waals surface area contributed by atoms with E-state index < -0.39 is 0 Å². The maximum absolute atomic E-state index is 5.67. The van der Waals surface area contributed by atoms with Crippen molar-refractivity contribution in [1.29, 1.82) is 0 Å². The highest BCUT2D eigenvalue weighted by molar-refractivity contribution is 5.46. The highest BCUT2D eigenvalue weighted by Crippen LogP contribution is 2.35. The molecule has 2 N–H and O–H groups in total. The molecule has 0 bridgehead atoms. The average Bonchev–Trinajstić information content (AvgIpc) is 2.65. The van der Waals surface area contributed by atoms with Gasteiger partial charge in [-0.25, -0.2) is 9.97 Å². The second kappa shape index (κ2) is 3.92. The van der Waals surface area contributed by atoms with E-state index in [-0.39, 0.29) is 0 Å². The van der Waals surface area contributed by atoms with Crippen molar-refractivity contribution in [3.05, 3.63) is 12.4 Å². The summed E-state index contributed by atoms with van der Waals surface area (Å²) < 4.78 is 0. The number of nitrogen functional groups attached to an aromatic ring is 1. The number of anilines is 2. The first-order valence-electron chi connectivity index (χ1n) is 5.79. The number of aromatic nitrogens is 2. The van der Waals surface area contributed by atoms with Crippen LogP contribution in [0.5, 0.6) is 0 Å². The maximum Gasteiger partial charge on any atom is 0.134 e. The van der Waals surface area contributed by atoms with Crippen LogP contribution in [-0.2, 0) is 0 Å². The molecule has 4 nitrogen and oxygen atoms in total. The zero-order valence-corrected chi connectivity index (χ0v) is 10.3. The van der Waals surface area contributed by atoms with Gasteiger partial charge in [-0.15, -0.1) is 0 Å². The molecule has 16 heavy (non-hydrogen) atoms. The predicted octanol–water partition coefficient (Wildman–Crippen LogP) is 1.93. The minimum absolute atomic E-state index is 0.368. The van der Waals surface area contributed by atoms with E-state index in [1.165, 1.54) is 12.7 Å². The van der Waals surface area contributed by atoms with E-state index in [0.717, 1.165) is 24.8 Å². The van der Waals surface area contributed by atoms with Crippen molar-refractivity contribution in [1.82, 2.24) is 9.97 Å². The van der Waals surface area contributed by atoms with E-state index >= 15 is 0 Å². The van der Waals surface area contributed by atoms with Crippen LogP contribution in [0.3, 0.4) is 0 Å². The lowest BCUT2D eigenvalue weighted by molar-refractivity contribution is 0.263. The lowest BCUT2D eigenvalue weighted by Gasteiger charge is -2.27. The smallest absolute Gasteiger partial charge is 0.134 e. The molecule has 1 unspecified atom stereocenters. The zero-order valence-electron chi connectivity index (χ0n) is 10.3. The monoisotopic (exact) mass is 220 g/mol. The number of hydrogen-bond acceptors (Lipinski definition) is 4. The van der Waals surface area contributed by atoms with Crippen LogP contribution < -0.4 is 10.6 Å². The van der Waals surface area contributed by atoms with Gasteiger partial charge in [-0.3, -0.25) is 0 Å². The molecule has 0 amide bonds. The van der Waals surface area contributed by atoms with Crippen LogP contribution in [0, 0.1) is 11.3 Å². The Balaban J connectivity index is 2.09. The summed E-state index contributed by atoms with van der Waals surface area (Å²) in [6, 6.07) is 1.85. The first-order valence-corrected chi connectivity index (χ1v) is 5.79. The van der Waals surface area contributed by atoms with Crippen LogP contribution in [0.15, 0.2) is 12.4 Å². The van der Waals surface area contributed by atoms with Gasteiger partial charge in [0.1, 0.15) is 18.0 Å². The highest BCUT2D eigenvalue weighted by atomic mass is 15.2. The summed E-state index contributed by atoms with van der Waals surface area (Å²) >= 11 is 0. The second-order valence-electron chi connectivity index (χ2n) is 5.60. The fourth-order valence-electron chi connectivity index (χ4n) is 2.21. The van der Waals surface area contributed by atoms with Crippen molar-refractivity contribution in [2.45, 2.75) is 27.2 Å². The van der Waals surface area contributed by atoms with Crippen molar-refractivity contribution in [2.75, 3.05) is 23.7 Å². The fraction of sp³-hybridized carbons (Fsp3) is 0.667. The van der Waals surface area contributed by atoms with Gasteiger partial charge in [0.2, 0.25) is 0 Å². The molecule has 0 saturated carbocycles. The normalized spacial score (nSPS) is 21.4. The molecule has 0 aliphatic carbocycles. The van der Waals surface area contributed by atoms with Gasteiger partial charge in [-0.2, -0.15) is 0 Å². The third-order valence-corrected chi connectivity index (χ3v) is 3.41. The largest absolute Gasteiger partial charge is 0.384 e. The van der Waals surface area contributed by atoms with Crippen LogP contribution in [0.4, 0.5) is 11.6 Å². The molecule has 1 atom stereocenters. The van der Waals surface area contributed by atoms with Gasteiger partial charge in [0.15, 0.2) is 0 Å². The molecular weight excluding hydrogens is 200 g/mol. The van der Waals surface area contributed by atoms with Crippen LogP contribution >= 0.6 is 0 Å². The fourth-order valence-corrected chi connectivity index (χ4v) is 2.21. The summed E-state index contributed by atoms with van der Waals surface area (Å²) in [7, 11) is 0. The molecule has 1 aromatic rings. The van der Waals surface area contributed by atoms with E-state index in [9.17, 15) is 0 Å². The Bertz CT molecular complexity index is 370. The second-order valence-corrected chi connectivity index (χ2v) is 5.60. The van der Waals surface area contributed by atoms with Crippen molar-refractivity contribution in [3.8, 4) is 0 Å². The van der Waals surface area contributed by atoms with Gasteiger partial charge < -0.3 is 10.6 Å². The topological polar surface area (TPSA) is 55.0 Å². The number of rotatable bonds is 1. The van der Waals surface area contributed by atoms with Gasteiger partial charge in [0, 0.05) is 19.2 Å². The predicted molar refractivity (Wildman–Crippen MR) is 66.2 cm³/mol. The van der Waals surface area contributed by atoms with E-state index in [0.29, 0.717) is 11.2 Å². The lowest BCUT2D eigenvalue weighted by Crippen LogP contribution is -2.26. The summed E-state index contributed by atoms with van der Waals surface area (Å²) in [5.74, 6) is 2.23. The van der Waals surface area contributed by atoms with Crippen LogP contribution in [0.25, 0.3) is 0 Å². The van der Waals surface area contributed by atoms with Crippen molar-refractivity contribution in [2.24, 2.45) is 11.3 Å². The maximum atomic E-state index is 5.67. The molecular formula is C12H20N4. The van der Waals surface area contributed by atoms with E-state index in [2.05, 4.69) is 35.6 Å². The molecule has 1 aliphatic heterocycles. The van der Waals surface area contributed by atoms with Crippen LogP contribution in [-0.4, -0.2) is 23.1 Å². The quantitative estimate of drug-likeness (QED) is 0.785. The third kappa shape index (κ3) is 2.26. The van der Waals surface area contributed by atoms with Crippen molar-refractivity contribution in [3.63, 3.8) is 0 Å². The van der Waals surface area contributed by atoms with Gasteiger partial charge >= 0.3 is 0 Å². The standard InChI is InChI=1S/C12H20N4/c1-12(2,3)9-4-5-16(7-9)11-6-10(13)14-8-15-11/h6,8-9H,4-5,7H2,1-3H3,(H2,13,14,15). The Morgan fingerprint density at radius 3 is 2.69 bits per heavy atom. The minimum Gasteiger partial charge on any atom is -0.384 e. The molecule has 0 radical (unpaired) electrons. The highest BCUT2D eigenvalue weighted by Gasteiger charge is 2.32. The summed E-state index contributed by atoms with van der Waals surface area (Å²) in [6.07, 6.45) is 2.77. The Hall–Kier alpha value is -1.32. The van der Waals surface area contributed by atoms with E-state index in [1.54, 1.807) is 0 Å². The molecule has 1 aromatic heterocycles. The molecule has 1 aliphatic rings. The van der Waals surface area contributed by atoms with Crippen molar-refractivity contribution < 1.29 is 0 Å². The Labute approximate surface area is 96.9 Å². The average molecular weight is 220 g/mol. The third-order valence-electron chi connectivity index (χ3n) is 3.41. The van der Waals surface area contributed by atoms with E-state index in [4.69, 9.17) is 5.73 Å². The summed E-state index contributed by atoms with van der Waals surface area (Å²) in [4.78, 5) is 10.5. The molecule has 0 spiro atoms. The van der Waals surface area contributed by atoms with Gasteiger partial charge in [-0.05, 0) is 17.8 Å². The number of nitrogens with zero attached hydrogens (tertiary/aromatic N) is 3. The SMILES string of the molecule is CC(C)(C)C1CCN(c2cc(N)ncn2)C1. The van der Waals surface area contributed by atoms with Gasteiger partial charge in [0.05, 0.1) is 0 Å². The zero-order chi connectivity index (χ0) is 11.8. The molecule has 1 fully saturated rings. The minimum atomic E-state index is 0.368. The van der Waals surface area contributed by atoms with Crippen LogP contribution in [0.1, 0.15) is 27.2 Å². The lowest BCUT2D eigenvalue weighted by atomic mass is 9.80. The molecule has 88 valence electrons. The molecule has 0 aromatic carbocycles. The Morgan fingerprint density at radius 2 is 2.12 bits per heavy atom. The number of hydrogen-bond donors (Lipinski definition) is 1. The summed E-state index contributed by atoms with van der Waals surface area (Å²) in [5, 5.41) is 0. The Kier molecular flexibility index (Phi) is 2.74. The van der Waals surface area contributed by atoms with E-state index in [1.807, 2.05) is 6.07 Å². The summed E-state index contributed by atoms with van der Waals surface area (Å²) in [6.45, 7) is 9.04. The van der Waals surface area contributed by atoms with Gasteiger partial charge in [-0.1, -0.05) is 20.8 Å². The van der Waals surface area contributed by atoms with Gasteiger partial charge in [0.25, 0.3) is 0 Å². The number of nitrogens with two attached hydrogens (primary N) is 1. The summed E-state index contributed by atoms with van der Waals surface area (Å²) in [5.41, 5.74) is 6.04.